The summed E-state index contributed by atoms with van der Waals surface area (Å²) in [5, 5.41) is 9.42. The van der Waals surface area contributed by atoms with Gasteiger partial charge in [0.05, 0.1) is 6.61 Å². The van der Waals surface area contributed by atoms with Crippen LogP contribution in [-0.2, 0) is 20.7 Å². The Bertz CT molecular complexity index is 472. The van der Waals surface area contributed by atoms with Crippen molar-refractivity contribution < 1.29 is 19.4 Å². The third-order valence-corrected chi connectivity index (χ3v) is 3.14. The highest BCUT2D eigenvalue weighted by Crippen LogP contribution is 2.30. The van der Waals surface area contributed by atoms with Crippen LogP contribution >= 0.6 is 0 Å². The van der Waals surface area contributed by atoms with Crippen molar-refractivity contribution in [1.29, 1.82) is 0 Å². The Kier molecular flexibility index (Phi) is 4.92. The van der Waals surface area contributed by atoms with Crippen molar-refractivity contribution in [3.05, 3.63) is 29.8 Å². The van der Waals surface area contributed by atoms with Crippen molar-refractivity contribution in [2.45, 2.75) is 26.7 Å². The second kappa shape index (κ2) is 6.22. The fourth-order valence-corrected chi connectivity index (χ4v) is 1.98. The number of aliphatic carboxylic acids is 1. The number of rotatable bonds is 6. The second-order valence-corrected chi connectivity index (χ2v) is 4.38. The lowest BCUT2D eigenvalue weighted by atomic mass is 9.79. The zero-order valence-electron chi connectivity index (χ0n) is 11.2. The minimum absolute atomic E-state index is 0.0721. The maximum absolute atomic E-state index is 12.0. The van der Waals surface area contributed by atoms with Gasteiger partial charge in [0.1, 0.15) is 0 Å². The van der Waals surface area contributed by atoms with Gasteiger partial charge in [0.2, 0.25) is 0 Å². The Morgan fingerprint density at radius 2 is 2.05 bits per heavy atom. The molecule has 0 saturated carbocycles. The van der Waals surface area contributed by atoms with Gasteiger partial charge in [-0.15, -0.1) is 0 Å². The van der Waals surface area contributed by atoms with Crippen molar-refractivity contribution in [3.63, 3.8) is 0 Å². The van der Waals surface area contributed by atoms with Crippen LogP contribution < -0.4 is 5.73 Å². The number of nitrogen functional groups attached to an aromatic ring is 1. The van der Waals surface area contributed by atoms with E-state index in [4.69, 9.17) is 10.5 Å². The summed E-state index contributed by atoms with van der Waals surface area (Å²) < 4.78 is 4.91. The van der Waals surface area contributed by atoms with Gasteiger partial charge < -0.3 is 15.6 Å². The molecular weight excluding hydrogens is 246 g/mol. The predicted octanol–water partition coefficient (Wildman–Crippen LogP) is 1.86. The molecule has 1 atom stereocenters. The summed E-state index contributed by atoms with van der Waals surface area (Å²) >= 11 is 0. The Labute approximate surface area is 112 Å². The quantitative estimate of drug-likeness (QED) is 0.465. The number of carbonyl (C=O) groups is 2. The molecule has 0 aromatic heterocycles. The number of hydrogen-bond acceptors (Lipinski definition) is 4. The van der Waals surface area contributed by atoms with Crippen LogP contribution in [-0.4, -0.2) is 23.7 Å². The molecule has 0 aliphatic carbocycles. The van der Waals surface area contributed by atoms with E-state index in [0.717, 1.165) is 0 Å². The summed E-state index contributed by atoms with van der Waals surface area (Å²) in [7, 11) is 0. The maximum atomic E-state index is 12.0. The summed E-state index contributed by atoms with van der Waals surface area (Å²) in [6, 6.07) is 6.87. The molecule has 0 bridgehead atoms. The number of nitrogens with two attached hydrogens (primary N) is 1. The highest BCUT2D eigenvalue weighted by Gasteiger charge is 2.46. The van der Waals surface area contributed by atoms with Gasteiger partial charge >= 0.3 is 11.9 Å². The molecule has 0 radical (unpaired) electrons. The summed E-state index contributed by atoms with van der Waals surface area (Å²) in [4.78, 5) is 23.5. The predicted molar refractivity (Wildman–Crippen MR) is 71.6 cm³/mol. The summed E-state index contributed by atoms with van der Waals surface area (Å²) in [6.07, 6.45) is 0.235. The highest BCUT2D eigenvalue weighted by atomic mass is 16.5. The van der Waals surface area contributed by atoms with Crippen LogP contribution in [0.5, 0.6) is 0 Å². The number of hydrogen-bond donors (Lipinski definition) is 2. The molecule has 0 fully saturated rings. The number of carboxylic acid groups (broad SMARTS) is 1. The van der Waals surface area contributed by atoms with E-state index < -0.39 is 17.4 Å². The first-order valence-corrected chi connectivity index (χ1v) is 6.21. The number of benzene rings is 1. The van der Waals surface area contributed by atoms with Crippen LogP contribution in [0.4, 0.5) is 5.69 Å². The van der Waals surface area contributed by atoms with Crippen molar-refractivity contribution >= 4 is 17.6 Å². The van der Waals surface area contributed by atoms with Gasteiger partial charge in [0, 0.05) is 5.69 Å². The summed E-state index contributed by atoms with van der Waals surface area (Å²) in [5.74, 6) is -1.87. The smallest absolute Gasteiger partial charge is 0.323 e. The van der Waals surface area contributed by atoms with E-state index in [1.807, 2.05) is 0 Å². The van der Waals surface area contributed by atoms with E-state index in [9.17, 15) is 14.7 Å². The fraction of sp³-hybridized carbons (Fsp3) is 0.429. The minimum Gasteiger partial charge on any atom is -0.480 e. The second-order valence-electron chi connectivity index (χ2n) is 4.38. The van der Waals surface area contributed by atoms with Crippen LogP contribution in [0.15, 0.2) is 24.3 Å². The van der Waals surface area contributed by atoms with E-state index in [-0.39, 0.29) is 19.4 Å². The lowest BCUT2D eigenvalue weighted by Gasteiger charge is -2.25. The molecule has 5 heteroatoms. The lowest BCUT2D eigenvalue weighted by molar-refractivity contribution is -0.168. The number of carboxylic acids is 1. The van der Waals surface area contributed by atoms with Gasteiger partial charge in [-0.1, -0.05) is 19.1 Å². The van der Waals surface area contributed by atoms with Gasteiger partial charge in [0.25, 0.3) is 0 Å². The van der Waals surface area contributed by atoms with Crippen LogP contribution in [0.2, 0.25) is 0 Å². The highest BCUT2D eigenvalue weighted by molar-refractivity contribution is 5.99. The molecule has 1 rings (SSSR count). The first-order chi connectivity index (χ1) is 8.96. The SMILES string of the molecule is CCOC(=O)C(CC)(Cc1cccc(N)c1)C(=O)O. The van der Waals surface area contributed by atoms with E-state index in [0.29, 0.717) is 11.3 Å². The van der Waals surface area contributed by atoms with Crippen molar-refractivity contribution in [2.24, 2.45) is 5.41 Å². The average Bonchev–Trinajstić information content (AvgIpc) is 2.36. The van der Waals surface area contributed by atoms with E-state index in [2.05, 4.69) is 0 Å². The van der Waals surface area contributed by atoms with E-state index >= 15 is 0 Å². The summed E-state index contributed by atoms with van der Waals surface area (Å²) in [5.41, 5.74) is 5.36. The Morgan fingerprint density at radius 3 is 2.53 bits per heavy atom. The van der Waals surface area contributed by atoms with Crippen LogP contribution in [0.3, 0.4) is 0 Å². The zero-order chi connectivity index (χ0) is 14.5. The number of anilines is 1. The number of ether oxygens (including phenoxy) is 1. The molecule has 0 aliphatic rings. The van der Waals surface area contributed by atoms with Crippen molar-refractivity contribution in [2.75, 3.05) is 12.3 Å². The molecule has 0 saturated heterocycles. The Balaban J connectivity index is 3.10. The first kappa shape index (κ1) is 15.0. The van der Waals surface area contributed by atoms with E-state index in [1.54, 1.807) is 38.1 Å². The first-order valence-electron chi connectivity index (χ1n) is 6.21. The fourth-order valence-electron chi connectivity index (χ4n) is 1.98. The van der Waals surface area contributed by atoms with Gasteiger partial charge in [-0.3, -0.25) is 9.59 Å². The molecule has 19 heavy (non-hydrogen) atoms. The third kappa shape index (κ3) is 3.24. The number of carbonyl (C=O) groups excluding carboxylic acids is 1. The summed E-state index contributed by atoms with van der Waals surface area (Å²) in [6.45, 7) is 3.48. The minimum atomic E-state index is -1.55. The third-order valence-electron chi connectivity index (χ3n) is 3.14. The standard InChI is InChI=1S/C14H19NO4/c1-3-14(12(16)17,13(18)19-4-2)9-10-6-5-7-11(15)8-10/h5-8H,3-4,9,15H2,1-2H3,(H,16,17). The van der Waals surface area contributed by atoms with Gasteiger partial charge in [0.15, 0.2) is 5.41 Å². The topological polar surface area (TPSA) is 89.6 Å². The van der Waals surface area contributed by atoms with Gasteiger partial charge in [-0.2, -0.15) is 0 Å². The molecule has 0 heterocycles. The largest absolute Gasteiger partial charge is 0.480 e. The van der Waals surface area contributed by atoms with Gasteiger partial charge in [-0.25, -0.2) is 0 Å². The molecular formula is C14H19NO4. The van der Waals surface area contributed by atoms with Crippen molar-refractivity contribution in [3.8, 4) is 0 Å². The molecule has 3 N–H and O–H groups in total. The van der Waals surface area contributed by atoms with Crippen LogP contribution in [0.1, 0.15) is 25.8 Å². The molecule has 1 aromatic carbocycles. The monoisotopic (exact) mass is 265 g/mol. The lowest BCUT2D eigenvalue weighted by Crippen LogP contribution is -2.42. The molecule has 0 spiro atoms. The molecule has 5 nitrogen and oxygen atoms in total. The number of esters is 1. The molecule has 1 unspecified atom stereocenters. The van der Waals surface area contributed by atoms with E-state index in [1.165, 1.54) is 0 Å². The molecule has 0 aliphatic heterocycles. The van der Waals surface area contributed by atoms with Crippen molar-refractivity contribution in [1.82, 2.24) is 0 Å². The molecule has 1 aromatic rings. The molecule has 0 amide bonds. The average molecular weight is 265 g/mol. The normalized spacial score (nSPS) is 13.6. The maximum Gasteiger partial charge on any atom is 0.323 e. The zero-order valence-corrected chi connectivity index (χ0v) is 11.2. The van der Waals surface area contributed by atoms with Gasteiger partial charge in [-0.05, 0) is 37.5 Å². The van der Waals surface area contributed by atoms with Crippen LogP contribution in [0.25, 0.3) is 0 Å². The Morgan fingerprint density at radius 1 is 1.37 bits per heavy atom. The van der Waals surface area contributed by atoms with Crippen LogP contribution in [0, 0.1) is 5.41 Å². The Hall–Kier alpha value is -2.04. The molecule has 104 valence electrons.